The average molecular weight is 355 g/mol. The molecule has 0 aliphatic heterocycles. The maximum Gasteiger partial charge on any atom is 0.330 e. The number of benzene rings is 2. The second-order valence-electron chi connectivity index (χ2n) is 5.30. The van der Waals surface area contributed by atoms with E-state index in [-0.39, 0.29) is 4.90 Å². The van der Waals surface area contributed by atoms with Gasteiger partial charge in [-0.3, -0.25) is 0 Å². The van der Waals surface area contributed by atoms with Crippen LogP contribution in [0.4, 0.5) is 0 Å². The van der Waals surface area contributed by atoms with Gasteiger partial charge >= 0.3 is 5.97 Å². The van der Waals surface area contributed by atoms with Crippen LogP contribution in [-0.4, -0.2) is 25.0 Å². The molecule has 3 aromatic rings. The summed E-state index contributed by atoms with van der Waals surface area (Å²) < 4.78 is 31.8. The van der Waals surface area contributed by atoms with Gasteiger partial charge in [-0.2, -0.15) is 0 Å². The van der Waals surface area contributed by atoms with E-state index < -0.39 is 16.0 Å². The first-order valence-electron chi connectivity index (χ1n) is 7.79. The van der Waals surface area contributed by atoms with E-state index in [0.29, 0.717) is 12.1 Å². The Hall–Kier alpha value is -2.86. The van der Waals surface area contributed by atoms with Gasteiger partial charge in [-0.1, -0.05) is 30.3 Å². The van der Waals surface area contributed by atoms with Gasteiger partial charge in [-0.25, -0.2) is 17.2 Å². The molecule has 3 rings (SSSR count). The molecular formula is C19H17NO4S. The maximum atomic E-state index is 12.8. The Bertz CT molecular complexity index is 1030. The lowest BCUT2D eigenvalue weighted by Crippen LogP contribution is -2.11. The molecule has 0 bridgehead atoms. The van der Waals surface area contributed by atoms with E-state index in [4.69, 9.17) is 4.74 Å². The second-order valence-corrected chi connectivity index (χ2v) is 7.11. The molecule has 0 saturated carbocycles. The van der Waals surface area contributed by atoms with Crippen molar-refractivity contribution in [3.63, 3.8) is 0 Å². The second kappa shape index (κ2) is 6.94. The summed E-state index contributed by atoms with van der Waals surface area (Å²) in [6.45, 7) is 2.04. The summed E-state index contributed by atoms with van der Waals surface area (Å²) in [6.07, 6.45) is 4.48. The quantitative estimate of drug-likeness (QED) is 0.519. The number of nitrogens with zero attached hydrogens (tertiary/aromatic N) is 1. The number of carbonyl (C=O) groups is 1. The first-order chi connectivity index (χ1) is 12.0. The molecule has 5 nitrogen and oxygen atoms in total. The van der Waals surface area contributed by atoms with E-state index in [1.54, 1.807) is 61.5 Å². The fourth-order valence-corrected chi connectivity index (χ4v) is 3.94. The van der Waals surface area contributed by atoms with Gasteiger partial charge in [0, 0.05) is 17.7 Å². The summed E-state index contributed by atoms with van der Waals surface area (Å²) in [5.74, 6) is -0.434. The number of carbonyl (C=O) groups excluding carboxylic acids is 1. The number of esters is 1. The largest absolute Gasteiger partial charge is 0.463 e. The molecule has 0 saturated heterocycles. The van der Waals surface area contributed by atoms with Crippen LogP contribution >= 0.6 is 0 Å². The Labute approximate surface area is 146 Å². The zero-order valence-corrected chi connectivity index (χ0v) is 14.4. The van der Waals surface area contributed by atoms with Crippen molar-refractivity contribution in [1.29, 1.82) is 0 Å². The molecule has 1 aromatic heterocycles. The van der Waals surface area contributed by atoms with Crippen molar-refractivity contribution >= 4 is 33.0 Å². The Morgan fingerprint density at radius 2 is 1.84 bits per heavy atom. The van der Waals surface area contributed by atoms with Gasteiger partial charge in [0.15, 0.2) is 0 Å². The smallest absolute Gasteiger partial charge is 0.330 e. The summed E-state index contributed by atoms with van der Waals surface area (Å²) in [7, 11) is -3.68. The molecule has 0 spiro atoms. The molecule has 0 radical (unpaired) electrons. The van der Waals surface area contributed by atoms with Crippen LogP contribution in [0.1, 0.15) is 12.5 Å². The van der Waals surface area contributed by atoms with Crippen LogP contribution in [0.2, 0.25) is 0 Å². The first kappa shape index (κ1) is 17.0. The predicted octanol–water partition coefficient (Wildman–Crippen LogP) is 3.45. The van der Waals surface area contributed by atoms with E-state index in [0.717, 1.165) is 10.9 Å². The number of hydrogen-bond donors (Lipinski definition) is 0. The molecule has 6 heteroatoms. The van der Waals surface area contributed by atoms with Crippen molar-refractivity contribution in [2.75, 3.05) is 6.61 Å². The molecule has 0 unspecified atom stereocenters. The van der Waals surface area contributed by atoms with Gasteiger partial charge in [0.25, 0.3) is 10.0 Å². The van der Waals surface area contributed by atoms with Crippen molar-refractivity contribution in [1.82, 2.24) is 3.97 Å². The first-order valence-corrected chi connectivity index (χ1v) is 9.23. The molecule has 0 amide bonds. The lowest BCUT2D eigenvalue weighted by Gasteiger charge is -2.08. The maximum absolute atomic E-state index is 12.8. The highest BCUT2D eigenvalue weighted by Gasteiger charge is 2.18. The molecule has 0 atom stereocenters. The summed E-state index contributed by atoms with van der Waals surface area (Å²) in [6, 6.07) is 15.3. The fourth-order valence-electron chi connectivity index (χ4n) is 2.58. The SMILES string of the molecule is CCOC(=O)/C=C/c1cccc2c1ccn2S(=O)(=O)c1ccccc1. The molecule has 25 heavy (non-hydrogen) atoms. The summed E-state index contributed by atoms with van der Waals surface area (Å²) in [5, 5.41) is 0.738. The van der Waals surface area contributed by atoms with Crippen molar-refractivity contribution < 1.29 is 17.9 Å². The number of aromatic nitrogens is 1. The van der Waals surface area contributed by atoms with E-state index in [9.17, 15) is 13.2 Å². The van der Waals surface area contributed by atoms with Crippen molar-refractivity contribution in [2.45, 2.75) is 11.8 Å². The Morgan fingerprint density at radius 3 is 2.56 bits per heavy atom. The number of fused-ring (bicyclic) bond motifs is 1. The van der Waals surface area contributed by atoms with E-state index in [2.05, 4.69) is 0 Å². The highest BCUT2D eigenvalue weighted by molar-refractivity contribution is 7.90. The van der Waals surface area contributed by atoms with Crippen LogP contribution < -0.4 is 0 Å². The molecule has 0 aliphatic rings. The Kier molecular flexibility index (Phi) is 4.72. The predicted molar refractivity (Wildman–Crippen MR) is 96.6 cm³/mol. The minimum absolute atomic E-state index is 0.222. The monoisotopic (exact) mass is 355 g/mol. The highest BCUT2D eigenvalue weighted by Crippen LogP contribution is 2.25. The topological polar surface area (TPSA) is 65.4 Å². The van der Waals surface area contributed by atoms with Gasteiger partial charge in [0.2, 0.25) is 0 Å². The van der Waals surface area contributed by atoms with Crippen LogP contribution in [-0.2, 0) is 19.6 Å². The summed E-state index contributed by atoms with van der Waals surface area (Å²) in [5.41, 5.74) is 1.29. The van der Waals surface area contributed by atoms with Crippen molar-refractivity contribution in [3.8, 4) is 0 Å². The van der Waals surface area contributed by atoms with Crippen LogP contribution in [0.3, 0.4) is 0 Å². The third-order valence-electron chi connectivity index (χ3n) is 3.72. The molecule has 1 heterocycles. The van der Waals surface area contributed by atoms with Crippen molar-refractivity contribution in [3.05, 3.63) is 72.4 Å². The average Bonchev–Trinajstić information content (AvgIpc) is 3.06. The van der Waals surface area contributed by atoms with E-state index >= 15 is 0 Å². The summed E-state index contributed by atoms with van der Waals surface area (Å²) in [4.78, 5) is 11.7. The highest BCUT2D eigenvalue weighted by atomic mass is 32.2. The van der Waals surface area contributed by atoms with Crippen molar-refractivity contribution in [2.24, 2.45) is 0 Å². The molecular weight excluding hydrogens is 338 g/mol. The van der Waals surface area contributed by atoms with Crippen LogP contribution in [0, 0.1) is 0 Å². The standard InChI is InChI=1S/C19H17NO4S/c1-2-24-19(21)12-11-15-7-6-10-18-17(15)13-14-20(18)25(22,23)16-8-4-3-5-9-16/h3-14H,2H2,1H3/b12-11+. The van der Waals surface area contributed by atoms with Crippen LogP contribution in [0.5, 0.6) is 0 Å². The normalized spacial score (nSPS) is 11.9. The zero-order chi connectivity index (χ0) is 17.9. The third-order valence-corrected chi connectivity index (χ3v) is 5.42. The third kappa shape index (κ3) is 3.34. The fraction of sp³-hybridized carbons (Fsp3) is 0.105. The minimum atomic E-state index is -3.68. The zero-order valence-electron chi connectivity index (χ0n) is 13.6. The number of rotatable bonds is 5. The van der Waals surface area contributed by atoms with E-state index in [1.165, 1.54) is 16.2 Å². The molecule has 0 fully saturated rings. The molecule has 0 N–H and O–H groups in total. The van der Waals surface area contributed by atoms with Gasteiger partial charge in [0.05, 0.1) is 17.0 Å². The summed E-state index contributed by atoms with van der Waals surface area (Å²) >= 11 is 0. The van der Waals surface area contributed by atoms with Crippen LogP contribution in [0.25, 0.3) is 17.0 Å². The molecule has 0 aliphatic carbocycles. The lowest BCUT2D eigenvalue weighted by atomic mass is 10.1. The Balaban J connectivity index is 2.06. The Morgan fingerprint density at radius 1 is 1.08 bits per heavy atom. The van der Waals surface area contributed by atoms with Gasteiger partial charge in [-0.15, -0.1) is 0 Å². The molecule has 2 aromatic carbocycles. The number of hydrogen-bond acceptors (Lipinski definition) is 4. The lowest BCUT2D eigenvalue weighted by molar-refractivity contribution is -0.137. The van der Waals surface area contributed by atoms with Gasteiger partial charge in [-0.05, 0) is 42.8 Å². The minimum Gasteiger partial charge on any atom is -0.463 e. The molecule has 128 valence electrons. The van der Waals surface area contributed by atoms with E-state index in [1.807, 2.05) is 6.07 Å². The van der Waals surface area contributed by atoms with Gasteiger partial charge < -0.3 is 4.74 Å². The van der Waals surface area contributed by atoms with Gasteiger partial charge in [0.1, 0.15) is 0 Å². The number of ether oxygens (including phenoxy) is 1. The van der Waals surface area contributed by atoms with Crippen LogP contribution in [0.15, 0.2) is 71.8 Å².